The summed E-state index contributed by atoms with van der Waals surface area (Å²) in [4.78, 5) is 64.9. The lowest BCUT2D eigenvalue weighted by atomic mass is 10.3. The minimum atomic E-state index is -0.907. The van der Waals surface area contributed by atoms with Crippen LogP contribution in [0.25, 0.3) is 0 Å². The van der Waals surface area contributed by atoms with Crippen molar-refractivity contribution in [1.29, 1.82) is 0 Å². The van der Waals surface area contributed by atoms with Gasteiger partial charge in [-0.05, 0) is 36.4 Å². The minimum absolute atomic E-state index is 0.0228. The van der Waals surface area contributed by atoms with Gasteiger partial charge in [-0.3, -0.25) is 24.5 Å². The number of nitrogens with one attached hydrogen (secondary N) is 1. The van der Waals surface area contributed by atoms with Crippen molar-refractivity contribution in [3.8, 4) is 0 Å². The standard InChI is InChI=1S/C9H11NO5.C5H5NO2.C4H7IO3/c1-3-14-9(13)15-5-10-7(11)4-6(2)8(10)12;1-3-2-4(7)6-5(3)8;1-2-7-4(6)8-3-5/h2-5H2,1H3;1-2H2,(H,6,7,8);2-3H2,1H3. The number of nitrogens with zero attached hydrogens (tertiary/aromatic N) is 1. The number of carbonyl (C=O) groups excluding carboxylic acids is 6. The lowest BCUT2D eigenvalue weighted by Gasteiger charge is -2.12. The SMILES string of the molecule is C=C1CC(=O)N(COC(=O)OCC)C1=O.C=C1CC(=O)NC1=O.CCOC(=O)OCI. The van der Waals surface area contributed by atoms with Crippen molar-refractivity contribution in [2.45, 2.75) is 26.7 Å². The Bertz CT molecular complexity index is 724. The van der Waals surface area contributed by atoms with Crippen LogP contribution in [0.2, 0.25) is 0 Å². The van der Waals surface area contributed by atoms with Crippen molar-refractivity contribution in [1.82, 2.24) is 10.2 Å². The van der Waals surface area contributed by atoms with Crippen LogP contribution < -0.4 is 5.32 Å². The van der Waals surface area contributed by atoms with Crippen molar-refractivity contribution < 1.29 is 47.7 Å². The molecule has 2 heterocycles. The van der Waals surface area contributed by atoms with Crippen LogP contribution in [0.15, 0.2) is 24.3 Å². The van der Waals surface area contributed by atoms with Crippen LogP contribution in [0, 0.1) is 0 Å². The van der Waals surface area contributed by atoms with E-state index in [1.807, 2.05) is 22.6 Å². The summed E-state index contributed by atoms with van der Waals surface area (Å²) in [5.74, 6) is -1.52. The molecule has 0 saturated carbocycles. The topological polar surface area (TPSA) is 155 Å². The highest BCUT2D eigenvalue weighted by Gasteiger charge is 2.33. The first-order valence-corrected chi connectivity index (χ1v) is 10.3. The summed E-state index contributed by atoms with van der Waals surface area (Å²) in [6.45, 7) is 10.2. The molecule has 0 atom stereocenters. The number of hydrogen-bond acceptors (Lipinski definition) is 10. The molecule has 1 N–H and O–H groups in total. The molecular weight excluding hydrogens is 531 g/mol. The summed E-state index contributed by atoms with van der Waals surface area (Å²) in [6, 6.07) is 0. The third-order valence-corrected chi connectivity index (χ3v) is 3.48. The molecular formula is C18H23IN2O10. The smallest absolute Gasteiger partial charge is 0.435 e. The van der Waals surface area contributed by atoms with Crippen LogP contribution in [0.3, 0.4) is 0 Å². The maximum Gasteiger partial charge on any atom is 0.510 e. The zero-order valence-corrected chi connectivity index (χ0v) is 19.2. The highest BCUT2D eigenvalue weighted by molar-refractivity contribution is 14.1. The van der Waals surface area contributed by atoms with E-state index in [0.717, 1.165) is 4.90 Å². The fourth-order valence-corrected chi connectivity index (χ4v) is 2.06. The monoisotopic (exact) mass is 554 g/mol. The fraction of sp³-hybridized carbons (Fsp3) is 0.444. The Morgan fingerprint density at radius 2 is 1.48 bits per heavy atom. The van der Waals surface area contributed by atoms with Crippen LogP contribution in [0.5, 0.6) is 0 Å². The van der Waals surface area contributed by atoms with E-state index in [1.165, 1.54) is 0 Å². The maximum atomic E-state index is 11.3. The Hall–Kier alpha value is -2.97. The van der Waals surface area contributed by atoms with Crippen molar-refractivity contribution in [3.63, 3.8) is 0 Å². The van der Waals surface area contributed by atoms with E-state index < -0.39 is 30.9 Å². The number of likely N-dealkylation sites (tertiary alicyclic amines) is 1. The highest BCUT2D eigenvalue weighted by atomic mass is 127. The first-order valence-electron chi connectivity index (χ1n) is 8.76. The van der Waals surface area contributed by atoms with Gasteiger partial charge in [0.15, 0.2) is 6.73 Å². The molecule has 13 heteroatoms. The summed E-state index contributed by atoms with van der Waals surface area (Å²) in [7, 11) is 0. The second-order valence-corrected chi connectivity index (χ2v) is 6.08. The van der Waals surface area contributed by atoms with Gasteiger partial charge in [0.1, 0.15) is 4.61 Å². The molecule has 0 aromatic heterocycles. The first kappa shape index (κ1) is 28.0. The minimum Gasteiger partial charge on any atom is -0.435 e. The number of carbonyl (C=O) groups is 6. The van der Waals surface area contributed by atoms with Crippen LogP contribution in [0.1, 0.15) is 26.7 Å². The molecule has 2 aliphatic heterocycles. The lowest BCUT2D eigenvalue weighted by molar-refractivity contribution is -0.142. The van der Waals surface area contributed by atoms with Crippen molar-refractivity contribution in [3.05, 3.63) is 24.3 Å². The van der Waals surface area contributed by atoms with Crippen molar-refractivity contribution in [2.75, 3.05) is 24.6 Å². The number of amides is 4. The molecule has 12 nitrogen and oxygen atoms in total. The Balaban J connectivity index is 0.000000477. The second kappa shape index (κ2) is 14.9. The van der Waals surface area contributed by atoms with Gasteiger partial charge in [0.25, 0.3) is 11.8 Å². The van der Waals surface area contributed by atoms with E-state index in [2.05, 4.69) is 37.4 Å². The summed E-state index contributed by atoms with van der Waals surface area (Å²) in [6.07, 6.45) is -1.36. The van der Waals surface area contributed by atoms with Gasteiger partial charge >= 0.3 is 12.3 Å². The van der Waals surface area contributed by atoms with Gasteiger partial charge in [-0.25, -0.2) is 14.5 Å². The molecule has 2 rings (SSSR count). The largest absolute Gasteiger partial charge is 0.510 e. The Kier molecular flexibility index (Phi) is 13.5. The Morgan fingerprint density at radius 3 is 1.81 bits per heavy atom. The van der Waals surface area contributed by atoms with Gasteiger partial charge in [0.05, 0.1) is 26.1 Å². The molecule has 2 aliphatic rings. The van der Waals surface area contributed by atoms with E-state index in [4.69, 9.17) is 0 Å². The predicted molar refractivity (Wildman–Crippen MR) is 112 cm³/mol. The summed E-state index contributed by atoms with van der Waals surface area (Å²) < 4.78 is 18.2. The predicted octanol–water partition coefficient (Wildman–Crippen LogP) is 1.57. The number of ether oxygens (including phenoxy) is 4. The van der Waals surface area contributed by atoms with Crippen molar-refractivity contribution in [2.24, 2.45) is 0 Å². The third kappa shape index (κ3) is 11.1. The third-order valence-electron chi connectivity index (χ3n) is 3.17. The van der Waals surface area contributed by atoms with Gasteiger partial charge in [0.2, 0.25) is 11.8 Å². The Labute approximate surface area is 192 Å². The number of rotatable bonds is 5. The molecule has 0 radical (unpaired) electrons. The zero-order valence-electron chi connectivity index (χ0n) is 17.1. The molecule has 4 amide bonds. The van der Waals surface area contributed by atoms with Crippen molar-refractivity contribution >= 4 is 58.5 Å². The lowest BCUT2D eigenvalue weighted by Crippen LogP contribution is -2.33. The van der Waals surface area contributed by atoms with Gasteiger partial charge in [-0.2, -0.15) is 0 Å². The second-order valence-electron chi connectivity index (χ2n) is 5.46. The molecule has 31 heavy (non-hydrogen) atoms. The molecule has 2 fully saturated rings. The number of alkyl halides is 1. The van der Waals surface area contributed by atoms with E-state index in [9.17, 15) is 28.8 Å². The van der Waals surface area contributed by atoms with Gasteiger partial charge in [-0.15, -0.1) is 0 Å². The molecule has 0 bridgehead atoms. The van der Waals surface area contributed by atoms with E-state index in [1.54, 1.807) is 13.8 Å². The summed E-state index contributed by atoms with van der Waals surface area (Å²) in [5.41, 5.74) is 0.558. The van der Waals surface area contributed by atoms with E-state index in [0.29, 0.717) is 16.8 Å². The summed E-state index contributed by atoms with van der Waals surface area (Å²) in [5, 5.41) is 2.09. The summed E-state index contributed by atoms with van der Waals surface area (Å²) >= 11 is 1.92. The average molecular weight is 554 g/mol. The van der Waals surface area contributed by atoms with Gasteiger partial charge in [0, 0.05) is 11.1 Å². The maximum absolute atomic E-state index is 11.3. The van der Waals surface area contributed by atoms with Gasteiger partial charge in [-0.1, -0.05) is 13.2 Å². The molecule has 172 valence electrons. The highest BCUT2D eigenvalue weighted by Crippen LogP contribution is 2.16. The molecule has 0 spiro atoms. The molecule has 0 unspecified atom stereocenters. The fourth-order valence-electron chi connectivity index (χ4n) is 1.80. The van der Waals surface area contributed by atoms with Crippen LogP contribution in [-0.2, 0) is 38.1 Å². The number of halogens is 1. The van der Waals surface area contributed by atoms with Crippen LogP contribution in [-0.4, -0.2) is 65.4 Å². The molecule has 2 saturated heterocycles. The zero-order chi connectivity index (χ0) is 24.0. The molecule has 0 aromatic carbocycles. The number of hydrogen-bond donors (Lipinski definition) is 1. The Morgan fingerprint density at radius 1 is 0.935 bits per heavy atom. The number of imide groups is 2. The van der Waals surface area contributed by atoms with Crippen LogP contribution in [0.4, 0.5) is 9.59 Å². The van der Waals surface area contributed by atoms with Crippen LogP contribution >= 0.6 is 22.6 Å². The van der Waals surface area contributed by atoms with Gasteiger partial charge < -0.3 is 18.9 Å². The molecule has 0 aromatic rings. The van der Waals surface area contributed by atoms with E-state index >= 15 is 0 Å². The first-order chi connectivity index (χ1) is 14.6. The normalized spacial score (nSPS) is 14.7. The van der Waals surface area contributed by atoms with E-state index in [-0.39, 0.29) is 36.8 Å². The quantitative estimate of drug-likeness (QED) is 0.174. The average Bonchev–Trinajstić information content (AvgIpc) is 3.11. The molecule has 0 aliphatic carbocycles.